The van der Waals surface area contributed by atoms with Crippen molar-refractivity contribution in [1.82, 2.24) is 4.90 Å². The molecule has 2 aromatic rings. The van der Waals surface area contributed by atoms with Crippen LogP contribution in [0.2, 0.25) is 5.02 Å². The highest BCUT2D eigenvalue weighted by molar-refractivity contribution is 9.10. The van der Waals surface area contributed by atoms with Gasteiger partial charge in [0.25, 0.3) is 5.91 Å². The Balaban J connectivity index is 1.65. The number of carbonyl (C=O) groups excluding carboxylic acids is 2. The summed E-state index contributed by atoms with van der Waals surface area (Å²) in [5.41, 5.74) is 1.75. The van der Waals surface area contributed by atoms with Gasteiger partial charge in [-0.1, -0.05) is 44.5 Å². The first-order valence-electron chi connectivity index (χ1n) is 9.56. The fourth-order valence-electron chi connectivity index (χ4n) is 3.31. The lowest BCUT2D eigenvalue weighted by molar-refractivity contribution is -0.139. The second-order valence-corrected chi connectivity index (χ2v) is 9.39. The second kappa shape index (κ2) is 8.76. The van der Waals surface area contributed by atoms with Crippen molar-refractivity contribution >= 4 is 50.7 Å². The van der Waals surface area contributed by atoms with Crippen molar-refractivity contribution < 1.29 is 9.59 Å². The van der Waals surface area contributed by atoms with E-state index in [2.05, 4.69) is 26.1 Å². The van der Waals surface area contributed by atoms with E-state index in [9.17, 15) is 9.59 Å². The molecule has 1 N–H and O–H groups in total. The molecule has 0 saturated carbocycles. The van der Waals surface area contributed by atoms with Gasteiger partial charge >= 0.3 is 0 Å². The smallest absolute Gasteiger partial charge is 0.256 e. The molecule has 0 radical (unpaired) electrons. The van der Waals surface area contributed by atoms with Gasteiger partial charge in [0.1, 0.15) is 0 Å². The van der Waals surface area contributed by atoms with Crippen molar-refractivity contribution in [3.63, 3.8) is 0 Å². The van der Waals surface area contributed by atoms with Crippen LogP contribution < -0.4 is 10.2 Å². The fraction of sp³-hybridized carbons (Fsp3) is 0.364. The van der Waals surface area contributed by atoms with E-state index in [0.29, 0.717) is 29.4 Å². The van der Waals surface area contributed by atoms with E-state index in [-0.39, 0.29) is 17.2 Å². The van der Waals surface area contributed by atoms with E-state index in [1.807, 2.05) is 56.0 Å². The van der Waals surface area contributed by atoms with E-state index >= 15 is 0 Å². The predicted octanol–water partition coefficient (Wildman–Crippen LogP) is 5.05. The maximum absolute atomic E-state index is 12.5. The molecule has 1 fully saturated rings. The molecule has 0 spiro atoms. The maximum atomic E-state index is 12.5. The first-order chi connectivity index (χ1) is 13.7. The van der Waals surface area contributed by atoms with Crippen LogP contribution in [0.1, 0.15) is 31.1 Å². The second-order valence-electron chi connectivity index (χ2n) is 8.13. The van der Waals surface area contributed by atoms with Crippen LogP contribution in [0.25, 0.3) is 0 Å². The first-order valence-corrected chi connectivity index (χ1v) is 10.7. The molecule has 1 saturated heterocycles. The number of halogens is 2. The summed E-state index contributed by atoms with van der Waals surface area (Å²) < 4.78 is 0.739. The monoisotopic (exact) mass is 477 g/mol. The van der Waals surface area contributed by atoms with E-state index in [1.165, 1.54) is 0 Å². The predicted molar refractivity (Wildman–Crippen MR) is 122 cm³/mol. The van der Waals surface area contributed by atoms with Crippen LogP contribution in [0.4, 0.5) is 11.4 Å². The Hall–Kier alpha value is -2.05. The van der Waals surface area contributed by atoms with Gasteiger partial charge in [0.15, 0.2) is 0 Å². The summed E-state index contributed by atoms with van der Waals surface area (Å²) in [6.45, 7) is 8.63. The topological polar surface area (TPSA) is 52.7 Å². The third-order valence-electron chi connectivity index (χ3n) is 4.87. The number of hydrogen-bond donors (Lipinski definition) is 1. The highest BCUT2D eigenvalue weighted by atomic mass is 79.9. The number of nitrogens with zero attached hydrogens (tertiary/aromatic N) is 2. The van der Waals surface area contributed by atoms with Crippen LogP contribution in [-0.4, -0.2) is 42.9 Å². The molecule has 0 atom stereocenters. The Kier molecular flexibility index (Phi) is 6.54. The fourth-order valence-corrected chi connectivity index (χ4v) is 4.07. The average Bonchev–Trinajstić information content (AvgIpc) is 2.67. The lowest BCUT2D eigenvalue weighted by Crippen LogP contribution is -2.51. The Labute approximate surface area is 185 Å². The third kappa shape index (κ3) is 5.11. The molecule has 3 rings (SSSR count). The molecule has 0 unspecified atom stereocenters. The molecule has 7 heteroatoms. The molecule has 29 heavy (non-hydrogen) atoms. The molecule has 0 bridgehead atoms. The minimum Gasteiger partial charge on any atom is -0.367 e. The normalized spacial score (nSPS) is 14.7. The molecule has 1 aliphatic rings. The molecule has 1 aliphatic heterocycles. The van der Waals surface area contributed by atoms with Gasteiger partial charge in [0, 0.05) is 41.8 Å². The summed E-state index contributed by atoms with van der Waals surface area (Å²) in [5, 5.41) is 3.46. The van der Waals surface area contributed by atoms with Crippen LogP contribution >= 0.6 is 27.5 Å². The van der Waals surface area contributed by atoms with Crippen LogP contribution in [0.5, 0.6) is 0 Å². The van der Waals surface area contributed by atoms with Gasteiger partial charge in [-0.2, -0.15) is 0 Å². The van der Waals surface area contributed by atoms with Crippen molar-refractivity contribution in [1.29, 1.82) is 0 Å². The molecule has 1 heterocycles. The van der Waals surface area contributed by atoms with E-state index in [0.717, 1.165) is 23.2 Å². The summed E-state index contributed by atoms with van der Waals surface area (Å²) >= 11 is 9.91. The number of nitrogens with one attached hydrogen (secondary N) is 1. The van der Waals surface area contributed by atoms with E-state index < -0.39 is 0 Å². The highest BCUT2D eigenvalue weighted by Crippen LogP contribution is 2.30. The minimum absolute atomic E-state index is 0.174. The molecular weight excluding hydrogens is 454 g/mol. The number of rotatable bonds is 3. The Morgan fingerprint density at radius 1 is 1.03 bits per heavy atom. The summed E-state index contributed by atoms with van der Waals surface area (Å²) in [6.07, 6.45) is 0. The standard InChI is InChI=1S/C22H25BrClN3O2/c1-22(2,3)21(29)27-12-10-26(11-13-27)19-9-8-15(14-18(19)24)25-20(28)16-6-4-5-7-17(16)23/h4-9,14H,10-13H2,1-3H3,(H,25,28). The number of piperazine rings is 1. The van der Waals surface area contributed by atoms with E-state index in [4.69, 9.17) is 11.6 Å². The van der Waals surface area contributed by atoms with Crippen LogP contribution in [0.3, 0.4) is 0 Å². The summed E-state index contributed by atoms with van der Waals surface area (Å²) in [4.78, 5) is 29.0. The van der Waals surface area contributed by atoms with Gasteiger partial charge in [-0.05, 0) is 46.3 Å². The zero-order valence-electron chi connectivity index (χ0n) is 16.8. The SMILES string of the molecule is CC(C)(C)C(=O)N1CCN(c2ccc(NC(=O)c3ccccc3Br)cc2Cl)CC1. The largest absolute Gasteiger partial charge is 0.367 e. The molecule has 5 nitrogen and oxygen atoms in total. The lowest BCUT2D eigenvalue weighted by atomic mass is 9.94. The van der Waals surface area contributed by atoms with Crippen LogP contribution in [-0.2, 0) is 4.79 Å². The maximum Gasteiger partial charge on any atom is 0.256 e. The third-order valence-corrected chi connectivity index (χ3v) is 5.87. The van der Waals surface area contributed by atoms with Crippen molar-refractivity contribution in [3.05, 3.63) is 57.5 Å². The van der Waals surface area contributed by atoms with Crippen molar-refractivity contribution in [3.8, 4) is 0 Å². The van der Waals surface area contributed by atoms with Gasteiger partial charge in [0.2, 0.25) is 5.91 Å². The molecular formula is C22H25BrClN3O2. The van der Waals surface area contributed by atoms with Gasteiger partial charge in [-0.3, -0.25) is 9.59 Å². The van der Waals surface area contributed by atoms with Gasteiger partial charge in [0.05, 0.1) is 16.3 Å². The van der Waals surface area contributed by atoms with Gasteiger partial charge < -0.3 is 15.1 Å². The average molecular weight is 479 g/mol. The van der Waals surface area contributed by atoms with Gasteiger partial charge in [-0.25, -0.2) is 0 Å². The lowest BCUT2D eigenvalue weighted by Gasteiger charge is -2.39. The Morgan fingerprint density at radius 2 is 1.69 bits per heavy atom. The summed E-state index contributed by atoms with van der Waals surface area (Å²) in [5.74, 6) is -0.0241. The number of amides is 2. The number of benzene rings is 2. The number of anilines is 2. The molecule has 0 aromatic heterocycles. The molecule has 2 amide bonds. The zero-order valence-corrected chi connectivity index (χ0v) is 19.2. The number of carbonyl (C=O) groups is 2. The van der Waals surface area contributed by atoms with Crippen molar-refractivity contribution in [2.75, 3.05) is 36.4 Å². The first kappa shape index (κ1) is 21.7. The van der Waals surface area contributed by atoms with E-state index in [1.54, 1.807) is 12.1 Å². The van der Waals surface area contributed by atoms with Crippen LogP contribution in [0, 0.1) is 5.41 Å². The minimum atomic E-state index is -0.368. The summed E-state index contributed by atoms with van der Waals surface area (Å²) in [7, 11) is 0. The molecule has 0 aliphatic carbocycles. The van der Waals surface area contributed by atoms with Gasteiger partial charge in [-0.15, -0.1) is 0 Å². The zero-order chi connectivity index (χ0) is 21.2. The highest BCUT2D eigenvalue weighted by Gasteiger charge is 2.30. The Morgan fingerprint density at radius 3 is 2.28 bits per heavy atom. The number of hydrogen-bond acceptors (Lipinski definition) is 3. The summed E-state index contributed by atoms with van der Waals surface area (Å²) in [6, 6.07) is 12.8. The molecule has 2 aromatic carbocycles. The Bertz CT molecular complexity index is 919. The van der Waals surface area contributed by atoms with Crippen LogP contribution in [0.15, 0.2) is 46.9 Å². The molecule has 154 valence electrons. The van der Waals surface area contributed by atoms with Crippen molar-refractivity contribution in [2.45, 2.75) is 20.8 Å². The quantitative estimate of drug-likeness (QED) is 0.672. The van der Waals surface area contributed by atoms with Crippen molar-refractivity contribution in [2.24, 2.45) is 5.41 Å².